The van der Waals surface area contributed by atoms with Crippen molar-refractivity contribution in [2.75, 3.05) is 12.4 Å². The number of fused-ring (bicyclic) bond motifs is 1. The first kappa shape index (κ1) is 21.8. The van der Waals surface area contributed by atoms with Crippen LogP contribution in [0.3, 0.4) is 0 Å². The second-order valence-electron chi connectivity index (χ2n) is 8.02. The van der Waals surface area contributed by atoms with Gasteiger partial charge in [0, 0.05) is 34.4 Å². The number of anilines is 1. The highest BCUT2D eigenvalue weighted by atomic mass is 35.5. The fourth-order valence-electron chi connectivity index (χ4n) is 4.42. The van der Waals surface area contributed by atoms with E-state index in [0.717, 1.165) is 29.7 Å². The molecule has 0 fully saturated rings. The second kappa shape index (κ2) is 9.08. The number of aromatic amines is 1. The summed E-state index contributed by atoms with van der Waals surface area (Å²) in [7, 11) is 1.60. The van der Waals surface area contributed by atoms with E-state index in [1.165, 1.54) is 11.8 Å². The number of allylic oxidation sites excluding steroid dienone is 2. The molecule has 8 heteroatoms. The normalized spacial score (nSPS) is 17.3. The summed E-state index contributed by atoms with van der Waals surface area (Å²) in [6.45, 7) is 0. The van der Waals surface area contributed by atoms with Gasteiger partial charge in [-0.3, -0.25) is 9.59 Å². The lowest BCUT2D eigenvalue weighted by Gasteiger charge is -2.32. The molecule has 1 aromatic heterocycles. The third-order valence-corrected chi connectivity index (χ3v) is 7.28. The zero-order valence-electron chi connectivity index (χ0n) is 18.0. The lowest BCUT2D eigenvalue weighted by molar-refractivity contribution is -0.116. The highest BCUT2D eigenvalue weighted by Gasteiger charge is 2.38. The van der Waals surface area contributed by atoms with Crippen molar-refractivity contribution in [1.29, 1.82) is 0 Å². The maximum Gasteiger partial charge on any atom is 0.257 e. The van der Waals surface area contributed by atoms with Crippen molar-refractivity contribution in [3.8, 4) is 5.75 Å². The molecule has 0 amide bonds. The number of nitrogens with zero attached hydrogens (tertiary/aromatic N) is 1. The molecule has 2 heterocycles. The number of Topliss-reactive ketones (excluding diaryl/α,β-unsaturated/α-hetero) is 1. The molecular formula is C25H22ClN3O3S. The van der Waals surface area contributed by atoms with Crippen LogP contribution in [0.15, 0.2) is 69.8 Å². The lowest BCUT2D eigenvalue weighted by Crippen LogP contribution is -2.32. The number of hydrogen-bond acceptors (Lipinski definition) is 6. The smallest absolute Gasteiger partial charge is 0.257 e. The first-order chi connectivity index (χ1) is 16.0. The van der Waals surface area contributed by atoms with Gasteiger partial charge >= 0.3 is 0 Å². The molecule has 5 rings (SSSR count). The van der Waals surface area contributed by atoms with E-state index in [9.17, 15) is 9.59 Å². The predicted molar refractivity (Wildman–Crippen MR) is 130 cm³/mol. The minimum absolute atomic E-state index is 0.0683. The first-order valence-electron chi connectivity index (χ1n) is 10.7. The topological polar surface area (TPSA) is 84.1 Å². The van der Waals surface area contributed by atoms with E-state index in [0.29, 0.717) is 45.1 Å². The van der Waals surface area contributed by atoms with Crippen LogP contribution >= 0.6 is 23.4 Å². The van der Waals surface area contributed by atoms with Gasteiger partial charge in [0.2, 0.25) is 0 Å². The Hall–Kier alpha value is -3.03. The van der Waals surface area contributed by atoms with Gasteiger partial charge in [-0.25, -0.2) is 4.98 Å². The van der Waals surface area contributed by atoms with Gasteiger partial charge in [-0.1, -0.05) is 53.7 Å². The number of benzene rings is 2. The molecule has 1 aliphatic heterocycles. The molecule has 0 unspecified atom stereocenters. The van der Waals surface area contributed by atoms with E-state index in [-0.39, 0.29) is 11.3 Å². The summed E-state index contributed by atoms with van der Waals surface area (Å²) in [5.74, 6) is 1.33. The summed E-state index contributed by atoms with van der Waals surface area (Å²) < 4.78 is 5.40. The van der Waals surface area contributed by atoms with Crippen LogP contribution in [-0.2, 0) is 10.5 Å². The van der Waals surface area contributed by atoms with Crippen LogP contribution in [0, 0.1) is 0 Å². The number of aromatic nitrogens is 2. The van der Waals surface area contributed by atoms with E-state index < -0.39 is 5.92 Å². The number of ether oxygens (including phenoxy) is 1. The predicted octanol–water partition coefficient (Wildman–Crippen LogP) is 5.29. The van der Waals surface area contributed by atoms with Crippen molar-refractivity contribution in [1.82, 2.24) is 9.97 Å². The van der Waals surface area contributed by atoms with Crippen molar-refractivity contribution in [2.24, 2.45) is 0 Å². The number of ketones is 1. The Morgan fingerprint density at radius 3 is 2.82 bits per heavy atom. The number of H-pyrrole nitrogens is 1. The van der Waals surface area contributed by atoms with Gasteiger partial charge in [0.25, 0.3) is 5.56 Å². The second-order valence-corrected chi connectivity index (χ2v) is 9.39. The van der Waals surface area contributed by atoms with Crippen LogP contribution in [0.5, 0.6) is 5.75 Å². The van der Waals surface area contributed by atoms with Crippen molar-refractivity contribution in [2.45, 2.75) is 36.1 Å². The first-order valence-corrected chi connectivity index (χ1v) is 12.1. The Bertz CT molecular complexity index is 1330. The maximum absolute atomic E-state index is 13.3. The van der Waals surface area contributed by atoms with Crippen LogP contribution < -0.4 is 15.6 Å². The summed E-state index contributed by atoms with van der Waals surface area (Å²) in [4.78, 5) is 34.0. The van der Waals surface area contributed by atoms with Gasteiger partial charge in [0.05, 0.1) is 12.7 Å². The van der Waals surface area contributed by atoms with Crippen LogP contribution in [0.1, 0.15) is 41.9 Å². The molecule has 0 bridgehead atoms. The number of carbonyl (C=O) groups excluding carboxylic acids is 1. The third-order valence-electron chi connectivity index (χ3n) is 5.99. The molecule has 0 spiro atoms. The van der Waals surface area contributed by atoms with Crippen molar-refractivity contribution in [3.05, 3.63) is 91.9 Å². The van der Waals surface area contributed by atoms with E-state index >= 15 is 0 Å². The molecule has 1 atom stereocenters. The molecule has 2 N–H and O–H groups in total. The molecule has 1 aliphatic carbocycles. The Kier molecular flexibility index (Phi) is 6.00. The van der Waals surface area contributed by atoms with Crippen LogP contribution in [-0.4, -0.2) is 22.9 Å². The molecule has 0 saturated carbocycles. The molecule has 0 radical (unpaired) electrons. The number of thioether (sulfide) groups is 1. The van der Waals surface area contributed by atoms with E-state index in [2.05, 4.69) is 10.3 Å². The van der Waals surface area contributed by atoms with Gasteiger partial charge in [-0.15, -0.1) is 0 Å². The molecule has 2 aromatic carbocycles. The highest BCUT2D eigenvalue weighted by Crippen LogP contribution is 2.44. The number of rotatable bonds is 5. The molecule has 6 nitrogen and oxygen atoms in total. The molecular weight excluding hydrogens is 458 g/mol. The maximum atomic E-state index is 13.3. The molecule has 33 heavy (non-hydrogen) atoms. The van der Waals surface area contributed by atoms with Gasteiger partial charge in [-0.05, 0) is 42.2 Å². The average molecular weight is 480 g/mol. The van der Waals surface area contributed by atoms with Gasteiger partial charge in [0.1, 0.15) is 11.6 Å². The minimum Gasteiger partial charge on any atom is -0.497 e. The van der Waals surface area contributed by atoms with Gasteiger partial charge in [-0.2, -0.15) is 0 Å². The Balaban J connectivity index is 1.57. The van der Waals surface area contributed by atoms with Gasteiger partial charge in [0.15, 0.2) is 10.9 Å². The molecule has 168 valence electrons. The number of nitrogens with one attached hydrogen (secondary N) is 2. The Labute approximate surface area is 200 Å². The molecule has 0 saturated heterocycles. The van der Waals surface area contributed by atoms with Gasteiger partial charge < -0.3 is 15.0 Å². The van der Waals surface area contributed by atoms with E-state index in [1.54, 1.807) is 7.11 Å². The quantitative estimate of drug-likeness (QED) is 0.382. The van der Waals surface area contributed by atoms with Crippen LogP contribution in [0.25, 0.3) is 0 Å². The fourth-order valence-corrected chi connectivity index (χ4v) is 5.57. The molecule has 2 aliphatic rings. The number of methoxy groups -OCH3 is 1. The minimum atomic E-state index is -0.488. The summed E-state index contributed by atoms with van der Waals surface area (Å²) in [5.41, 5.74) is 3.52. The zero-order chi connectivity index (χ0) is 22.9. The summed E-state index contributed by atoms with van der Waals surface area (Å²) in [5, 5.41) is 4.48. The van der Waals surface area contributed by atoms with E-state index in [1.807, 2.05) is 48.5 Å². The summed E-state index contributed by atoms with van der Waals surface area (Å²) in [6.07, 6.45) is 2.01. The number of hydrogen-bond donors (Lipinski definition) is 2. The zero-order valence-corrected chi connectivity index (χ0v) is 19.6. The number of carbonyl (C=O) groups is 1. The van der Waals surface area contributed by atoms with Crippen LogP contribution in [0.4, 0.5) is 5.82 Å². The monoisotopic (exact) mass is 479 g/mol. The fraction of sp³-hybridized carbons (Fsp3) is 0.240. The summed E-state index contributed by atoms with van der Waals surface area (Å²) >= 11 is 7.69. The van der Waals surface area contributed by atoms with E-state index in [4.69, 9.17) is 21.3 Å². The Morgan fingerprint density at radius 2 is 2.00 bits per heavy atom. The van der Waals surface area contributed by atoms with Crippen molar-refractivity contribution < 1.29 is 9.53 Å². The third kappa shape index (κ3) is 4.18. The highest BCUT2D eigenvalue weighted by molar-refractivity contribution is 7.98. The van der Waals surface area contributed by atoms with Crippen molar-refractivity contribution in [3.63, 3.8) is 0 Å². The van der Waals surface area contributed by atoms with Crippen molar-refractivity contribution >= 4 is 35.0 Å². The molecule has 3 aromatic rings. The van der Waals surface area contributed by atoms with Crippen LogP contribution in [0.2, 0.25) is 5.02 Å². The number of halogens is 1. The summed E-state index contributed by atoms with van der Waals surface area (Å²) in [6, 6.07) is 15.1. The lowest BCUT2D eigenvalue weighted by atomic mass is 9.76. The SMILES string of the molecule is COc1cccc([C@H]2C3=C(CCCC3=O)Nc3nc(SCc4ccccc4Cl)[nH]c(=O)c32)c1. The standard InChI is InChI=1S/C25H22ClN3O3S/c1-32-16-8-4-7-14(12-16)20-21-18(10-5-11-19(21)30)27-23-22(20)24(31)29-25(28-23)33-13-15-6-2-3-9-17(15)26/h2-4,6-9,12,20H,5,10-11,13H2,1H3,(H2,27,28,29,31)/t20-/m0/s1. The average Bonchev–Trinajstić information content (AvgIpc) is 2.82. The Morgan fingerprint density at radius 1 is 1.15 bits per heavy atom. The largest absolute Gasteiger partial charge is 0.497 e.